The number of carbonyl (C=O) groups excluding carboxylic acids is 2. The maximum absolute atomic E-state index is 13.5. The summed E-state index contributed by atoms with van der Waals surface area (Å²) < 4.78 is 30.1. The highest BCUT2D eigenvalue weighted by Crippen LogP contribution is 2.70. The van der Waals surface area contributed by atoms with E-state index < -0.39 is 42.1 Å². The maximum atomic E-state index is 13.5. The van der Waals surface area contributed by atoms with Gasteiger partial charge in [-0.2, -0.15) is 0 Å². The molecule has 55 heavy (non-hydrogen) atoms. The highest BCUT2D eigenvalue weighted by Gasteiger charge is 2.66. The van der Waals surface area contributed by atoms with Gasteiger partial charge in [-0.15, -0.1) is 0 Å². The maximum Gasteiger partial charge on any atom is 0.338 e. The number of azide groups is 1. The molecular weight excluding hydrogens is 702 g/mol. The van der Waals surface area contributed by atoms with Gasteiger partial charge in [0.05, 0.1) is 35.7 Å². The molecule has 4 unspecified atom stereocenters. The first kappa shape index (κ1) is 37.2. The van der Waals surface area contributed by atoms with Crippen LogP contribution in [-0.2, 0) is 18.9 Å². The fraction of sp³-hybridized carbons (Fsp3) is 0.512. The largest absolute Gasteiger partial charge is 0.454 e. The lowest BCUT2D eigenvalue weighted by molar-refractivity contribution is -0.258. The molecule has 0 spiro atoms. The topological polar surface area (TPSA) is 170 Å². The molecule has 4 fully saturated rings. The van der Waals surface area contributed by atoms with Gasteiger partial charge in [-0.25, -0.2) is 14.4 Å². The Labute approximate surface area is 319 Å². The fourth-order valence-corrected chi connectivity index (χ4v) is 10.9. The zero-order chi connectivity index (χ0) is 38.4. The number of ether oxygens (including phenoxy) is 4. The van der Waals surface area contributed by atoms with Crippen molar-refractivity contribution < 1.29 is 38.1 Å². The molecule has 12 heteroatoms. The van der Waals surface area contributed by atoms with Crippen molar-refractivity contribution >= 4 is 11.9 Å². The molecule has 2 heterocycles. The molecule has 0 radical (unpaired) electrons. The normalized spacial score (nSPS) is 36.5. The summed E-state index contributed by atoms with van der Waals surface area (Å²) in [7, 11) is 0. The first-order valence-electron chi connectivity index (χ1n) is 19.4. The van der Waals surface area contributed by atoms with Gasteiger partial charge in [0.25, 0.3) is 0 Å². The van der Waals surface area contributed by atoms with E-state index in [1.165, 1.54) is 11.6 Å². The molecule has 0 bridgehead atoms. The Morgan fingerprint density at radius 2 is 1.55 bits per heavy atom. The SMILES string of the molecule is C[C@]12CC[C@H](OC3OCC(N=[N+]=[N-])[C@@H](OC(=O)c4ccccc4)[C@@H]3OC(=O)c3ccccc3)C=C1CCC1C2CC[C@]2(C)[C@@H](c3ccc(=O)oc3)CC[C@]12O. The van der Waals surface area contributed by atoms with Crippen molar-refractivity contribution in [1.29, 1.82) is 0 Å². The highest BCUT2D eigenvalue weighted by atomic mass is 16.7. The van der Waals surface area contributed by atoms with E-state index in [1.807, 2.05) is 6.07 Å². The van der Waals surface area contributed by atoms with E-state index in [4.69, 9.17) is 23.4 Å². The molecule has 1 saturated heterocycles. The van der Waals surface area contributed by atoms with Crippen LogP contribution in [0.25, 0.3) is 10.4 Å². The zero-order valence-corrected chi connectivity index (χ0v) is 31.1. The van der Waals surface area contributed by atoms with E-state index >= 15 is 0 Å². The van der Waals surface area contributed by atoms with Gasteiger partial charge in [0, 0.05) is 16.4 Å². The van der Waals surface area contributed by atoms with Crippen LogP contribution in [0.4, 0.5) is 0 Å². The molecule has 1 aliphatic heterocycles. The molecule has 2 aromatic carbocycles. The lowest BCUT2D eigenvalue weighted by Gasteiger charge is -2.62. The smallest absolute Gasteiger partial charge is 0.338 e. The second kappa shape index (κ2) is 14.7. The van der Waals surface area contributed by atoms with Crippen LogP contribution in [0, 0.1) is 22.7 Å². The van der Waals surface area contributed by atoms with E-state index in [-0.39, 0.29) is 46.9 Å². The van der Waals surface area contributed by atoms with Crippen LogP contribution >= 0.6 is 0 Å². The number of aliphatic hydroxyl groups is 1. The molecule has 1 N–H and O–H groups in total. The van der Waals surface area contributed by atoms with Crippen molar-refractivity contribution in [3.8, 4) is 0 Å². The molecule has 0 amide bonds. The summed E-state index contributed by atoms with van der Waals surface area (Å²) in [5, 5.41) is 16.5. The van der Waals surface area contributed by atoms with E-state index in [0.717, 1.165) is 44.1 Å². The van der Waals surface area contributed by atoms with Crippen LogP contribution in [0.5, 0.6) is 0 Å². The van der Waals surface area contributed by atoms with E-state index in [2.05, 4.69) is 29.9 Å². The third-order valence-corrected chi connectivity index (χ3v) is 13.8. The molecule has 12 nitrogen and oxygen atoms in total. The average molecular weight is 750 g/mol. The third kappa shape index (κ3) is 6.58. The number of carbonyl (C=O) groups is 2. The Hall–Kier alpha value is -4.74. The minimum Gasteiger partial charge on any atom is -0.454 e. The first-order chi connectivity index (χ1) is 26.5. The predicted molar refractivity (Wildman–Crippen MR) is 200 cm³/mol. The van der Waals surface area contributed by atoms with Crippen molar-refractivity contribution in [2.24, 2.45) is 27.8 Å². The van der Waals surface area contributed by atoms with Gasteiger partial charge in [-0.1, -0.05) is 67.0 Å². The molecule has 5 aliphatic rings. The van der Waals surface area contributed by atoms with Gasteiger partial charge in [-0.05, 0) is 116 Å². The fourth-order valence-electron chi connectivity index (χ4n) is 10.9. The minimum absolute atomic E-state index is 0.112. The minimum atomic E-state index is -1.25. The van der Waals surface area contributed by atoms with E-state index in [9.17, 15) is 25.0 Å². The van der Waals surface area contributed by atoms with Crippen LogP contribution in [0.15, 0.2) is 105 Å². The van der Waals surface area contributed by atoms with Crippen LogP contribution in [0.2, 0.25) is 0 Å². The molecule has 11 atom stereocenters. The second-order valence-electron chi connectivity index (χ2n) is 16.4. The second-order valence-corrected chi connectivity index (χ2v) is 16.4. The zero-order valence-electron chi connectivity index (χ0n) is 31.1. The number of rotatable bonds is 8. The summed E-state index contributed by atoms with van der Waals surface area (Å²) in [5.41, 5.74) is 10.6. The summed E-state index contributed by atoms with van der Waals surface area (Å²) in [6.45, 7) is 4.45. The number of esters is 2. The molecule has 1 aromatic heterocycles. The lowest BCUT2D eigenvalue weighted by atomic mass is 9.45. The Morgan fingerprint density at radius 1 is 0.855 bits per heavy atom. The van der Waals surface area contributed by atoms with Crippen molar-refractivity contribution in [3.05, 3.63) is 128 Å². The number of fused-ring (bicyclic) bond motifs is 5. The monoisotopic (exact) mass is 749 g/mol. The van der Waals surface area contributed by atoms with Gasteiger partial charge >= 0.3 is 17.6 Å². The summed E-state index contributed by atoms with van der Waals surface area (Å²) in [5.74, 6) is -0.785. The van der Waals surface area contributed by atoms with Crippen LogP contribution in [0.1, 0.15) is 97.4 Å². The predicted octanol–water partition coefficient (Wildman–Crippen LogP) is 7.67. The Morgan fingerprint density at radius 3 is 2.20 bits per heavy atom. The Balaban J connectivity index is 1.04. The van der Waals surface area contributed by atoms with E-state index in [0.29, 0.717) is 24.0 Å². The van der Waals surface area contributed by atoms with Crippen LogP contribution < -0.4 is 5.63 Å². The summed E-state index contributed by atoms with van der Waals surface area (Å²) in [6, 6.07) is 19.3. The van der Waals surface area contributed by atoms with Crippen molar-refractivity contribution in [2.45, 2.75) is 107 Å². The molecular formula is C43H47N3O9. The summed E-state index contributed by atoms with van der Waals surface area (Å²) in [6.07, 6.45) is 6.40. The third-order valence-electron chi connectivity index (χ3n) is 13.8. The number of hydrogen-bond acceptors (Lipinski definition) is 10. The summed E-state index contributed by atoms with van der Waals surface area (Å²) in [4.78, 5) is 41.5. The molecule has 3 aromatic rings. The van der Waals surface area contributed by atoms with Crippen LogP contribution in [0.3, 0.4) is 0 Å². The standard InChI is InChI=1S/C43H47N3O9/c1-41-20-17-30(23-29(41)14-15-33-32(41)18-21-42(2)31(19-22-43(33,42)50)28-13-16-35(47)51-24-28)53-40-37(55-39(49)27-11-7-4-8-12-27)36(34(25-52-40)45-46-44)54-38(48)26-9-5-3-6-10-26/h3-13,16,23-24,30-34,36-37,40,50H,14-15,17-22,25H2,1-2H3/t30-,31+,32?,33?,34?,36+,37-,40?,41-,42+,43-/m0/s1. The molecule has 4 aliphatic carbocycles. The van der Waals surface area contributed by atoms with Gasteiger partial charge in [0.15, 0.2) is 18.5 Å². The van der Waals surface area contributed by atoms with E-state index in [1.54, 1.807) is 66.9 Å². The quantitative estimate of drug-likeness (QED) is 0.0798. The lowest BCUT2D eigenvalue weighted by Crippen LogP contribution is -2.60. The Bertz CT molecular complexity index is 2030. The van der Waals surface area contributed by atoms with Gasteiger partial charge in [-0.3, -0.25) is 0 Å². The highest BCUT2D eigenvalue weighted by molar-refractivity contribution is 5.90. The van der Waals surface area contributed by atoms with Crippen molar-refractivity contribution in [2.75, 3.05) is 6.61 Å². The van der Waals surface area contributed by atoms with Crippen molar-refractivity contribution in [1.82, 2.24) is 0 Å². The summed E-state index contributed by atoms with van der Waals surface area (Å²) >= 11 is 0. The molecule has 3 saturated carbocycles. The number of benzene rings is 2. The number of allylic oxidation sites excluding steroid dienone is 1. The van der Waals surface area contributed by atoms with Gasteiger partial charge in [0.2, 0.25) is 0 Å². The first-order valence-corrected chi connectivity index (χ1v) is 19.4. The number of hydrogen-bond donors (Lipinski definition) is 1. The average Bonchev–Trinajstić information content (AvgIpc) is 3.48. The Kier molecular flexibility index (Phi) is 9.96. The van der Waals surface area contributed by atoms with Crippen LogP contribution in [-0.4, -0.2) is 59.9 Å². The van der Waals surface area contributed by atoms with Gasteiger partial charge < -0.3 is 28.5 Å². The number of nitrogens with zero attached hydrogens (tertiary/aromatic N) is 3. The molecule has 8 rings (SSSR count). The molecule has 288 valence electrons. The van der Waals surface area contributed by atoms with Gasteiger partial charge in [0.1, 0.15) is 6.04 Å². The van der Waals surface area contributed by atoms with Crippen molar-refractivity contribution in [3.63, 3.8) is 0 Å².